The molecule has 0 aromatic rings. The molecule has 206 valence electrons. The molecular formula is C29H52FN5O. The fourth-order valence-electron chi connectivity index (χ4n) is 8.40. The zero-order valence-corrected chi connectivity index (χ0v) is 23.2. The van der Waals surface area contributed by atoms with Crippen molar-refractivity contribution in [3.8, 4) is 0 Å². The number of nitrogens with two attached hydrogens (primary N) is 1. The molecule has 5 fully saturated rings. The molecule has 4 N–H and O–H groups in total. The quantitative estimate of drug-likeness (QED) is 0.488. The second-order valence-electron chi connectivity index (χ2n) is 13.3. The highest BCUT2D eigenvalue weighted by molar-refractivity contribution is 5.80. The van der Waals surface area contributed by atoms with Crippen LogP contribution in [0.4, 0.5) is 4.39 Å². The van der Waals surface area contributed by atoms with Crippen molar-refractivity contribution in [2.24, 2.45) is 29.4 Å². The summed E-state index contributed by atoms with van der Waals surface area (Å²) in [6.07, 6.45) is 13.2. The maximum absolute atomic E-state index is 14.5. The van der Waals surface area contributed by atoms with E-state index >= 15 is 0 Å². The lowest BCUT2D eigenvalue weighted by Gasteiger charge is -2.48. The number of carbonyl (C=O) groups is 1. The van der Waals surface area contributed by atoms with Gasteiger partial charge in [0.1, 0.15) is 5.67 Å². The van der Waals surface area contributed by atoms with Crippen LogP contribution in [-0.4, -0.2) is 70.8 Å². The minimum Gasteiger partial charge on any atom is -0.339 e. The Bertz CT molecular complexity index is 761. The fourth-order valence-corrected chi connectivity index (χ4v) is 8.40. The van der Waals surface area contributed by atoms with Crippen LogP contribution in [0.2, 0.25) is 0 Å². The zero-order chi connectivity index (χ0) is 25.6. The molecule has 5 rings (SSSR count). The number of piperidine rings is 2. The number of alkyl halides is 1. The Morgan fingerprint density at radius 2 is 1.72 bits per heavy atom. The number of amides is 1. The van der Waals surface area contributed by atoms with Gasteiger partial charge in [0.15, 0.2) is 0 Å². The van der Waals surface area contributed by atoms with Crippen molar-refractivity contribution < 1.29 is 9.18 Å². The van der Waals surface area contributed by atoms with Gasteiger partial charge in [-0.3, -0.25) is 10.2 Å². The second kappa shape index (κ2) is 10.8. The monoisotopic (exact) mass is 505 g/mol. The van der Waals surface area contributed by atoms with Crippen LogP contribution in [0.15, 0.2) is 0 Å². The Morgan fingerprint density at radius 3 is 2.28 bits per heavy atom. The molecule has 1 amide bonds. The summed E-state index contributed by atoms with van der Waals surface area (Å²) in [4.78, 5) is 16.1. The van der Waals surface area contributed by atoms with E-state index in [0.717, 1.165) is 44.1 Å². The number of fused-ring (bicyclic) bond motifs is 1. The molecule has 36 heavy (non-hydrogen) atoms. The van der Waals surface area contributed by atoms with Gasteiger partial charge < -0.3 is 16.0 Å². The molecule has 0 aromatic heterocycles. The summed E-state index contributed by atoms with van der Waals surface area (Å²) in [6.45, 7) is 9.02. The lowest BCUT2D eigenvalue weighted by Crippen LogP contribution is -2.63. The highest BCUT2D eigenvalue weighted by atomic mass is 19.1. The van der Waals surface area contributed by atoms with Crippen LogP contribution >= 0.6 is 0 Å². The predicted molar refractivity (Wildman–Crippen MR) is 143 cm³/mol. The van der Waals surface area contributed by atoms with Crippen LogP contribution in [0, 0.1) is 23.7 Å². The molecule has 7 heteroatoms. The number of rotatable bonds is 7. The van der Waals surface area contributed by atoms with Crippen molar-refractivity contribution >= 4 is 5.91 Å². The van der Waals surface area contributed by atoms with Gasteiger partial charge in [0.2, 0.25) is 5.91 Å². The summed E-state index contributed by atoms with van der Waals surface area (Å²) in [7, 11) is 0. The van der Waals surface area contributed by atoms with Crippen LogP contribution in [0.1, 0.15) is 98.3 Å². The van der Waals surface area contributed by atoms with E-state index in [4.69, 9.17) is 5.73 Å². The van der Waals surface area contributed by atoms with Gasteiger partial charge in [-0.05, 0) is 89.9 Å². The van der Waals surface area contributed by atoms with Crippen molar-refractivity contribution in [3.63, 3.8) is 0 Å². The van der Waals surface area contributed by atoms with Crippen molar-refractivity contribution in [2.45, 2.75) is 140 Å². The summed E-state index contributed by atoms with van der Waals surface area (Å²) in [5, 5.41) is 5.99. The van der Waals surface area contributed by atoms with Gasteiger partial charge in [-0.2, -0.15) is 0 Å². The van der Waals surface area contributed by atoms with Crippen LogP contribution in [0.25, 0.3) is 0 Å². The first-order valence-electron chi connectivity index (χ1n) is 15.3. The molecule has 3 saturated heterocycles. The van der Waals surface area contributed by atoms with E-state index in [-0.39, 0.29) is 30.0 Å². The average Bonchev–Trinajstić information content (AvgIpc) is 3.65. The topological polar surface area (TPSA) is 73.6 Å². The maximum Gasteiger partial charge on any atom is 0.228 e. The summed E-state index contributed by atoms with van der Waals surface area (Å²) in [6, 6.07) is 1.27. The largest absolute Gasteiger partial charge is 0.339 e. The number of nitrogens with one attached hydrogen (secondary N) is 2. The first kappa shape index (κ1) is 26.8. The summed E-state index contributed by atoms with van der Waals surface area (Å²) in [5.74, 6) is 2.41. The molecule has 7 atom stereocenters. The summed E-state index contributed by atoms with van der Waals surface area (Å²) < 4.78 is 14.5. The van der Waals surface area contributed by atoms with E-state index in [0.29, 0.717) is 37.0 Å². The van der Waals surface area contributed by atoms with Crippen LogP contribution in [0.3, 0.4) is 0 Å². The van der Waals surface area contributed by atoms with Gasteiger partial charge >= 0.3 is 0 Å². The molecule has 0 radical (unpaired) electrons. The van der Waals surface area contributed by atoms with E-state index < -0.39 is 5.67 Å². The summed E-state index contributed by atoms with van der Waals surface area (Å²) >= 11 is 0. The molecule has 0 spiro atoms. The number of hydrogen-bond acceptors (Lipinski definition) is 5. The molecule has 0 aromatic carbocycles. The lowest BCUT2D eigenvalue weighted by atomic mass is 9.76. The van der Waals surface area contributed by atoms with E-state index in [1.165, 1.54) is 38.5 Å². The van der Waals surface area contributed by atoms with E-state index in [2.05, 4.69) is 34.5 Å². The van der Waals surface area contributed by atoms with Crippen molar-refractivity contribution in [1.82, 2.24) is 20.7 Å². The van der Waals surface area contributed by atoms with E-state index in [1.54, 1.807) is 13.8 Å². The Balaban J connectivity index is 1.28. The predicted octanol–water partition coefficient (Wildman–Crippen LogP) is 3.99. The van der Waals surface area contributed by atoms with Gasteiger partial charge in [0, 0.05) is 55.3 Å². The minimum atomic E-state index is -1.33. The van der Waals surface area contributed by atoms with Crippen molar-refractivity contribution in [2.75, 3.05) is 13.1 Å². The molecule has 3 aliphatic heterocycles. The fraction of sp³-hybridized carbons (Fsp3) is 0.966. The van der Waals surface area contributed by atoms with E-state index in [1.807, 2.05) is 0 Å². The van der Waals surface area contributed by atoms with Gasteiger partial charge in [0.05, 0.1) is 5.92 Å². The lowest BCUT2D eigenvalue weighted by molar-refractivity contribution is -0.144. The molecule has 3 heterocycles. The zero-order valence-electron chi connectivity index (χ0n) is 23.2. The third-order valence-corrected chi connectivity index (χ3v) is 10.6. The van der Waals surface area contributed by atoms with Crippen molar-refractivity contribution in [1.29, 1.82) is 0 Å². The normalized spacial score (nSPS) is 42.4. The first-order chi connectivity index (χ1) is 17.2. The molecule has 2 aliphatic carbocycles. The Hall–Kier alpha value is -0.760. The third-order valence-electron chi connectivity index (χ3n) is 10.6. The molecule has 6 nitrogen and oxygen atoms in total. The molecular weight excluding hydrogens is 453 g/mol. The molecule has 5 aliphatic rings. The maximum atomic E-state index is 14.5. The summed E-state index contributed by atoms with van der Waals surface area (Å²) in [5.41, 5.74) is 9.21. The van der Waals surface area contributed by atoms with Crippen LogP contribution in [-0.2, 0) is 4.79 Å². The number of hydrazine groups is 1. The molecule has 0 bridgehead atoms. The van der Waals surface area contributed by atoms with Gasteiger partial charge in [-0.1, -0.05) is 20.3 Å². The third kappa shape index (κ3) is 5.23. The number of likely N-dealkylation sites (tertiary alicyclic amines) is 1. The second-order valence-corrected chi connectivity index (χ2v) is 13.3. The Labute approximate surface area is 218 Å². The number of halogens is 1. The van der Waals surface area contributed by atoms with Gasteiger partial charge in [-0.15, -0.1) is 0 Å². The molecule has 7 unspecified atom stereocenters. The Kier molecular flexibility index (Phi) is 8.03. The number of nitrogens with zero attached hydrogens (tertiary/aromatic N) is 2. The van der Waals surface area contributed by atoms with Gasteiger partial charge in [0.25, 0.3) is 0 Å². The van der Waals surface area contributed by atoms with Crippen molar-refractivity contribution in [3.05, 3.63) is 0 Å². The number of carbonyl (C=O) groups excluding carboxylic acids is 1. The standard InChI is InChI=1S/C29H52FN5O/c1-5-7-23-27-24(6-2)34(28(36)21-17-32-26(16-22(21)31)29(3,4)30)15-14-25(27)35(33-23)20-12-10-19(11-13-20)18-8-9-18/h18-27,32-33H,5-17,31H2,1-4H3. The highest BCUT2D eigenvalue weighted by Crippen LogP contribution is 2.46. The van der Waals surface area contributed by atoms with Crippen LogP contribution < -0.4 is 16.5 Å². The SMILES string of the molecule is CCCC1NN(C2CCC(C3CC3)CC2)C2CCN(C(=O)C3CNC(C(C)(C)F)CC3N)C(CC)C12. The highest BCUT2D eigenvalue weighted by Gasteiger charge is 2.53. The minimum absolute atomic E-state index is 0.189. The van der Waals surface area contributed by atoms with E-state index in [9.17, 15) is 9.18 Å². The first-order valence-corrected chi connectivity index (χ1v) is 15.3. The molecule has 2 saturated carbocycles. The smallest absolute Gasteiger partial charge is 0.228 e. The number of hydrogen-bond donors (Lipinski definition) is 3. The van der Waals surface area contributed by atoms with Gasteiger partial charge in [-0.25, -0.2) is 9.40 Å². The Morgan fingerprint density at radius 1 is 1.06 bits per heavy atom. The average molecular weight is 506 g/mol. The van der Waals surface area contributed by atoms with Crippen LogP contribution in [0.5, 0.6) is 0 Å².